The number of amides is 4. The quantitative estimate of drug-likeness (QED) is 0.0724. The predicted octanol–water partition coefficient (Wildman–Crippen LogP) is 9.97. The maximum absolute atomic E-state index is 14.8. The first-order chi connectivity index (χ1) is 33.8. The fourth-order valence-electron chi connectivity index (χ4n) is 11.1. The fraction of sp³-hybridized carbons (Fsp3) is 0.421. The van der Waals surface area contributed by atoms with Crippen molar-refractivity contribution in [3.05, 3.63) is 160 Å². The van der Waals surface area contributed by atoms with Gasteiger partial charge in [-0.3, -0.25) is 34.1 Å². The molecule has 5 aromatic rings. The number of aromatic nitrogens is 1. The smallest absolute Gasteiger partial charge is 0.410 e. The van der Waals surface area contributed by atoms with Crippen molar-refractivity contribution in [1.29, 1.82) is 0 Å². The van der Waals surface area contributed by atoms with E-state index in [0.717, 1.165) is 44.6 Å². The maximum Gasteiger partial charge on any atom is 0.410 e. The third-order valence-corrected chi connectivity index (χ3v) is 14.9. The van der Waals surface area contributed by atoms with E-state index in [1.165, 1.54) is 4.90 Å². The fourth-order valence-corrected chi connectivity index (χ4v) is 11.1. The van der Waals surface area contributed by atoms with Crippen molar-refractivity contribution in [2.24, 2.45) is 5.92 Å². The van der Waals surface area contributed by atoms with Gasteiger partial charge in [-0.05, 0) is 110 Å². The second-order valence-corrected chi connectivity index (χ2v) is 19.8. The van der Waals surface area contributed by atoms with Crippen molar-refractivity contribution in [2.75, 3.05) is 45.8 Å². The Morgan fingerprint density at radius 3 is 2.07 bits per heavy atom. The Morgan fingerprint density at radius 1 is 0.814 bits per heavy atom. The van der Waals surface area contributed by atoms with Gasteiger partial charge >= 0.3 is 6.09 Å². The lowest BCUT2D eigenvalue weighted by Crippen LogP contribution is -2.59. The van der Waals surface area contributed by atoms with Crippen LogP contribution < -0.4 is 5.32 Å². The van der Waals surface area contributed by atoms with E-state index in [4.69, 9.17) is 9.72 Å². The van der Waals surface area contributed by atoms with Crippen LogP contribution in [0.5, 0.6) is 0 Å². The van der Waals surface area contributed by atoms with Gasteiger partial charge in [0.05, 0.1) is 28.9 Å². The zero-order chi connectivity index (χ0) is 48.9. The molecule has 1 saturated carbocycles. The topological polar surface area (TPSA) is 115 Å². The Morgan fingerprint density at radius 2 is 1.43 bits per heavy atom. The minimum atomic E-state index is -2.72. The number of fused-ring (bicyclic) bond motifs is 4. The van der Waals surface area contributed by atoms with Crippen LogP contribution in [0.2, 0.25) is 0 Å². The summed E-state index contributed by atoms with van der Waals surface area (Å²) in [5.41, 5.74) is 9.48. The van der Waals surface area contributed by atoms with Gasteiger partial charge in [0.25, 0.3) is 11.8 Å². The van der Waals surface area contributed by atoms with Gasteiger partial charge in [-0.25, -0.2) is 13.6 Å². The molecule has 2 aliphatic carbocycles. The highest BCUT2D eigenvalue weighted by atomic mass is 19.3. The molecule has 366 valence electrons. The number of unbranched alkanes of at least 4 members (excludes halogenated alkanes) is 1. The molecule has 11 nitrogen and oxygen atoms in total. The number of carbonyl (C=O) groups is 4. The number of ether oxygens (including phenoxy) is 1. The number of hydrogen-bond donors (Lipinski definition) is 1. The minimum Gasteiger partial charge on any atom is -0.445 e. The molecule has 2 fully saturated rings. The van der Waals surface area contributed by atoms with Gasteiger partial charge in [-0.2, -0.15) is 0 Å². The summed E-state index contributed by atoms with van der Waals surface area (Å²) in [5, 5.41) is 3.24. The highest BCUT2D eigenvalue weighted by Gasteiger charge is 2.40. The van der Waals surface area contributed by atoms with Crippen LogP contribution in [0.4, 0.5) is 13.6 Å². The Balaban J connectivity index is 0.940. The third-order valence-electron chi connectivity index (χ3n) is 14.9. The molecular weight excluding hydrogens is 887 g/mol. The first-order valence-electron chi connectivity index (χ1n) is 25.0. The number of nitrogens with zero attached hydrogens (tertiary/aromatic N) is 5. The summed E-state index contributed by atoms with van der Waals surface area (Å²) in [7, 11) is 0. The van der Waals surface area contributed by atoms with Crippen LogP contribution in [-0.2, 0) is 16.1 Å². The molecular formula is C57H64F2N6O5. The summed E-state index contributed by atoms with van der Waals surface area (Å²) in [6.45, 7) is 10.2. The summed E-state index contributed by atoms with van der Waals surface area (Å²) in [6.07, 6.45) is 2.68. The molecule has 1 N–H and O–H groups in total. The highest BCUT2D eigenvalue weighted by Crippen LogP contribution is 2.47. The van der Waals surface area contributed by atoms with E-state index in [0.29, 0.717) is 82.7 Å². The highest BCUT2D eigenvalue weighted by molar-refractivity contribution is 6.21. The number of piperazine rings is 1. The number of imide groups is 1. The van der Waals surface area contributed by atoms with E-state index >= 15 is 0 Å². The standard InChI is InChI=1S/C57H64F2N6O5/c1-38-33-39(2)51(60-34-38)37-63(28-13-14-29-65-54(67)48-21-11-12-22-49(48)55(65)68)36-43-35-62(30-25-50(41-15-5-4-6-16-41)61-53(66)42-23-26-57(58,59)27-24-42)31-32-64(43)56(69)70-40(3)52-46-19-9-7-17-44(46)45-18-8-10-20-47(45)52/h4-12,15-22,33-34,40,42-43,50,52H,13-14,23-32,35-37H2,1-3H3,(H,61,66)/t40-,43-,50+/m1/s1. The lowest BCUT2D eigenvalue weighted by atomic mass is 9.86. The van der Waals surface area contributed by atoms with E-state index < -0.39 is 17.9 Å². The Bertz CT molecular complexity index is 2610. The number of rotatable bonds is 17. The van der Waals surface area contributed by atoms with Crippen molar-refractivity contribution in [3.63, 3.8) is 0 Å². The molecule has 3 heterocycles. The molecule has 0 spiro atoms. The predicted molar refractivity (Wildman–Crippen MR) is 265 cm³/mol. The van der Waals surface area contributed by atoms with E-state index in [1.807, 2.05) is 79.5 Å². The number of aryl methyl sites for hydroxylation is 2. The molecule has 4 amide bonds. The molecule has 2 aliphatic heterocycles. The molecule has 4 aromatic carbocycles. The van der Waals surface area contributed by atoms with Gasteiger partial charge in [-0.15, -0.1) is 0 Å². The second kappa shape index (κ2) is 21.4. The number of benzene rings is 4. The summed E-state index contributed by atoms with van der Waals surface area (Å²) < 4.78 is 34.7. The first kappa shape index (κ1) is 48.7. The number of pyridine rings is 1. The molecule has 0 radical (unpaired) electrons. The maximum atomic E-state index is 14.8. The van der Waals surface area contributed by atoms with Gasteiger partial charge in [0.1, 0.15) is 6.10 Å². The van der Waals surface area contributed by atoms with Gasteiger partial charge in [0.15, 0.2) is 0 Å². The largest absolute Gasteiger partial charge is 0.445 e. The average Bonchev–Trinajstić information content (AvgIpc) is 3.82. The third kappa shape index (κ3) is 10.9. The number of carbonyl (C=O) groups excluding carboxylic acids is 4. The lowest BCUT2D eigenvalue weighted by molar-refractivity contribution is -0.130. The van der Waals surface area contributed by atoms with Crippen LogP contribution >= 0.6 is 0 Å². The van der Waals surface area contributed by atoms with Crippen molar-refractivity contribution in [1.82, 2.24) is 29.9 Å². The first-order valence-corrected chi connectivity index (χ1v) is 25.0. The molecule has 0 bridgehead atoms. The molecule has 1 aromatic heterocycles. The number of halogens is 2. The van der Waals surface area contributed by atoms with Crippen LogP contribution in [0.1, 0.15) is 118 Å². The normalized spacial score (nSPS) is 18.9. The Labute approximate surface area is 410 Å². The Hall–Kier alpha value is -6.31. The number of hydrogen-bond acceptors (Lipinski definition) is 8. The zero-order valence-electron chi connectivity index (χ0n) is 40.5. The molecule has 13 heteroatoms. The summed E-state index contributed by atoms with van der Waals surface area (Å²) in [6, 6.07) is 34.9. The van der Waals surface area contributed by atoms with E-state index in [1.54, 1.807) is 24.3 Å². The monoisotopic (exact) mass is 950 g/mol. The SMILES string of the molecule is Cc1cnc(CN(CCCCN2C(=O)c3ccccc3C2=O)C[C@H]2CN(CC[C@H](NC(=O)C3CCC(F)(F)CC3)c3ccccc3)CCN2C(=O)O[C@H](C)C2c3ccccc3-c3ccccc32)c(C)c1. The van der Waals surface area contributed by atoms with Gasteiger partial charge in [-0.1, -0.05) is 97.1 Å². The van der Waals surface area contributed by atoms with Gasteiger partial charge in [0, 0.05) is 76.7 Å². The van der Waals surface area contributed by atoms with Gasteiger partial charge in [0.2, 0.25) is 11.8 Å². The molecule has 70 heavy (non-hydrogen) atoms. The lowest BCUT2D eigenvalue weighted by Gasteiger charge is -2.43. The van der Waals surface area contributed by atoms with E-state index in [-0.39, 0.29) is 67.5 Å². The van der Waals surface area contributed by atoms with Gasteiger partial charge < -0.3 is 15.0 Å². The van der Waals surface area contributed by atoms with Crippen molar-refractivity contribution < 1.29 is 32.7 Å². The Kier molecular flexibility index (Phi) is 14.9. The van der Waals surface area contributed by atoms with E-state index in [9.17, 15) is 28.0 Å². The van der Waals surface area contributed by atoms with Crippen LogP contribution in [-0.4, -0.2) is 112 Å². The van der Waals surface area contributed by atoms with Crippen LogP contribution in [0.3, 0.4) is 0 Å². The van der Waals surface area contributed by atoms with Crippen LogP contribution in [0, 0.1) is 19.8 Å². The minimum absolute atomic E-state index is 0.124. The molecule has 0 unspecified atom stereocenters. The van der Waals surface area contributed by atoms with Crippen LogP contribution in [0.25, 0.3) is 11.1 Å². The number of nitrogens with one attached hydrogen (secondary N) is 1. The molecule has 3 atom stereocenters. The summed E-state index contributed by atoms with van der Waals surface area (Å²) in [5.74, 6) is -4.02. The summed E-state index contributed by atoms with van der Waals surface area (Å²) in [4.78, 5) is 67.6. The number of alkyl halides is 2. The molecule has 9 rings (SSSR count). The van der Waals surface area contributed by atoms with Crippen molar-refractivity contribution >= 4 is 23.8 Å². The second-order valence-electron chi connectivity index (χ2n) is 19.8. The van der Waals surface area contributed by atoms with Crippen molar-refractivity contribution in [2.45, 2.75) is 102 Å². The van der Waals surface area contributed by atoms with Crippen molar-refractivity contribution in [3.8, 4) is 11.1 Å². The molecule has 1 saturated heterocycles. The zero-order valence-corrected chi connectivity index (χ0v) is 40.5. The summed E-state index contributed by atoms with van der Waals surface area (Å²) >= 11 is 0. The molecule has 4 aliphatic rings. The van der Waals surface area contributed by atoms with E-state index in [2.05, 4.69) is 52.4 Å². The average molecular weight is 951 g/mol. The van der Waals surface area contributed by atoms with Crippen LogP contribution in [0.15, 0.2) is 115 Å².